The van der Waals surface area contributed by atoms with Crippen LogP contribution in [0.3, 0.4) is 0 Å². The lowest BCUT2D eigenvalue weighted by Gasteiger charge is -2.27. The van der Waals surface area contributed by atoms with Crippen LogP contribution in [0.15, 0.2) is 35.2 Å². The zero-order valence-electron chi connectivity index (χ0n) is 11.7. The maximum Gasteiger partial charge on any atom is 0.0233 e. The van der Waals surface area contributed by atoms with Crippen molar-refractivity contribution in [3.8, 4) is 0 Å². The van der Waals surface area contributed by atoms with E-state index in [4.69, 9.17) is 0 Å². The van der Waals surface area contributed by atoms with E-state index >= 15 is 0 Å². The van der Waals surface area contributed by atoms with Gasteiger partial charge >= 0.3 is 0 Å². The molecule has 0 aromatic heterocycles. The van der Waals surface area contributed by atoms with Crippen LogP contribution in [-0.4, -0.2) is 42.9 Å². The molecule has 1 aliphatic heterocycles. The molecule has 1 unspecified atom stereocenters. The van der Waals surface area contributed by atoms with Gasteiger partial charge < -0.3 is 5.32 Å². The number of nitrogens with one attached hydrogen (secondary N) is 1. The Labute approximate surface area is 127 Å². The van der Waals surface area contributed by atoms with Crippen molar-refractivity contribution in [1.29, 1.82) is 0 Å². The van der Waals surface area contributed by atoms with E-state index in [9.17, 15) is 0 Å². The maximum atomic E-state index is 3.47. The highest BCUT2D eigenvalue weighted by Crippen LogP contribution is 2.18. The molecule has 1 saturated heterocycles. The summed E-state index contributed by atoms with van der Waals surface area (Å²) in [5, 5.41) is 3.47. The van der Waals surface area contributed by atoms with Crippen molar-refractivity contribution < 1.29 is 0 Å². The minimum atomic E-state index is 0. The average molecular weight is 301 g/mol. The maximum absolute atomic E-state index is 3.47. The third kappa shape index (κ3) is 5.74. The average Bonchev–Trinajstić information content (AvgIpc) is 2.93. The first-order chi connectivity index (χ1) is 8.90. The SMILES string of the molecule is CCCN(CCSc1ccccc1)C1CCNC1.Cl. The van der Waals surface area contributed by atoms with Crippen LogP contribution in [0.25, 0.3) is 0 Å². The molecule has 2 nitrogen and oxygen atoms in total. The van der Waals surface area contributed by atoms with Gasteiger partial charge in [0.15, 0.2) is 0 Å². The molecule has 2 rings (SSSR count). The Bertz CT molecular complexity index is 328. The molecule has 4 heteroatoms. The Kier molecular flexibility index (Phi) is 8.55. The second kappa shape index (κ2) is 9.65. The van der Waals surface area contributed by atoms with Gasteiger partial charge in [0.1, 0.15) is 0 Å². The fourth-order valence-corrected chi connectivity index (χ4v) is 3.42. The van der Waals surface area contributed by atoms with Gasteiger partial charge in [-0.2, -0.15) is 0 Å². The molecule has 0 aliphatic carbocycles. The van der Waals surface area contributed by atoms with Crippen LogP contribution in [0.4, 0.5) is 0 Å². The second-order valence-corrected chi connectivity index (χ2v) is 6.01. The molecule has 1 aliphatic rings. The summed E-state index contributed by atoms with van der Waals surface area (Å²) >= 11 is 1.97. The molecular formula is C15H25ClN2S. The number of nitrogens with zero attached hydrogens (tertiary/aromatic N) is 1. The Balaban J connectivity index is 0.00000180. The zero-order valence-corrected chi connectivity index (χ0v) is 13.3. The molecule has 0 bridgehead atoms. The lowest BCUT2D eigenvalue weighted by Crippen LogP contribution is -2.38. The fraction of sp³-hybridized carbons (Fsp3) is 0.600. The van der Waals surface area contributed by atoms with E-state index in [2.05, 4.69) is 47.5 Å². The van der Waals surface area contributed by atoms with Crippen molar-refractivity contribution >= 4 is 24.2 Å². The Morgan fingerprint density at radius 2 is 2.05 bits per heavy atom. The highest BCUT2D eigenvalue weighted by atomic mass is 35.5. The largest absolute Gasteiger partial charge is 0.315 e. The van der Waals surface area contributed by atoms with Gasteiger partial charge in [-0.1, -0.05) is 25.1 Å². The summed E-state index contributed by atoms with van der Waals surface area (Å²) in [4.78, 5) is 4.05. The summed E-state index contributed by atoms with van der Waals surface area (Å²) in [5.74, 6) is 1.19. The molecule has 0 radical (unpaired) electrons. The summed E-state index contributed by atoms with van der Waals surface area (Å²) in [7, 11) is 0. The monoisotopic (exact) mass is 300 g/mol. The first kappa shape index (κ1) is 16.8. The summed E-state index contributed by atoms with van der Waals surface area (Å²) < 4.78 is 0. The minimum Gasteiger partial charge on any atom is -0.315 e. The topological polar surface area (TPSA) is 15.3 Å². The molecule has 0 spiro atoms. The van der Waals surface area contributed by atoms with Crippen LogP contribution in [-0.2, 0) is 0 Å². The Morgan fingerprint density at radius 3 is 2.68 bits per heavy atom. The Hall–Kier alpha value is -0.220. The van der Waals surface area contributed by atoms with Crippen LogP contribution >= 0.6 is 24.2 Å². The van der Waals surface area contributed by atoms with Crippen molar-refractivity contribution in [3.05, 3.63) is 30.3 Å². The number of thioether (sulfide) groups is 1. The van der Waals surface area contributed by atoms with Gasteiger partial charge in [0.05, 0.1) is 0 Å². The number of rotatable bonds is 7. The molecule has 1 heterocycles. The number of benzene rings is 1. The van der Waals surface area contributed by atoms with E-state index in [1.165, 1.54) is 49.7 Å². The molecular weight excluding hydrogens is 276 g/mol. The smallest absolute Gasteiger partial charge is 0.0233 e. The summed E-state index contributed by atoms with van der Waals surface area (Å²) in [6.07, 6.45) is 2.57. The van der Waals surface area contributed by atoms with E-state index in [1.54, 1.807) is 0 Å². The first-order valence-electron chi connectivity index (χ1n) is 7.02. The summed E-state index contributed by atoms with van der Waals surface area (Å²) in [6.45, 7) is 7.09. The van der Waals surface area contributed by atoms with E-state index in [0.717, 1.165) is 6.04 Å². The van der Waals surface area contributed by atoms with Gasteiger partial charge in [-0.05, 0) is 38.1 Å². The molecule has 19 heavy (non-hydrogen) atoms. The molecule has 1 fully saturated rings. The molecule has 0 amide bonds. The predicted octanol–water partition coefficient (Wildman–Crippen LogP) is 3.27. The molecule has 108 valence electrons. The molecule has 1 atom stereocenters. The third-order valence-electron chi connectivity index (χ3n) is 3.45. The zero-order chi connectivity index (χ0) is 12.6. The second-order valence-electron chi connectivity index (χ2n) is 4.84. The standard InChI is InChI=1S/C15H24N2S.ClH/c1-2-10-17(14-8-9-16-13-14)11-12-18-15-6-4-3-5-7-15;/h3-7,14,16H,2,8-13H2,1H3;1H. The highest BCUT2D eigenvalue weighted by molar-refractivity contribution is 7.99. The van der Waals surface area contributed by atoms with Gasteiger partial charge in [-0.25, -0.2) is 0 Å². The van der Waals surface area contributed by atoms with E-state index < -0.39 is 0 Å². The first-order valence-corrected chi connectivity index (χ1v) is 8.01. The van der Waals surface area contributed by atoms with Gasteiger partial charge in [-0.3, -0.25) is 4.90 Å². The van der Waals surface area contributed by atoms with Gasteiger partial charge in [0.25, 0.3) is 0 Å². The predicted molar refractivity (Wildman–Crippen MR) is 87.6 cm³/mol. The van der Waals surface area contributed by atoms with Gasteiger partial charge in [0, 0.05) is 29.8 Å². The minimum absolute atomic E-state index is 0. The molecule has 0 saturated carbocycles. The van der Waals surface area contributed by atoms with Crippen LogP contribution in [0.5, 0.6) is 0 Å². The molecule has 1 aromatic carbocycles. The van der Waals surface area contributed by atoms with Crippen LogP contribution in [0.1, 0.15) is 19.8 Å². The fourth-order valence-electron chi connectivity index (χ4n) is 2.51. The van der Waals surface area contributed by atoms with Crippen molar-refractivity contribution in [2.45, 2.75) is 30.7 Å². The van der Waals surface area contributed by atoms with E-state index in [0.29, 0.717) is 0 Å². The van der Waals surface area contributed by atoms with Crippen molar-refractivity contribution in [2.24, 2.45) is 0 Å². The van der Waals surface area contributed by atoms with Crippen LogP contribution in [0, 0.1) is 0 Å². The number of hydrogen-bond acceptors (Lipinski definition) is 3. The third-order valence-corrected chi connectivity index (χ3v) is 4.44. The number of hydrogen-bond donors (Lipinski definition) is 1. The lowest BCUT2D eigenvalue weighted by atomic mass is 10.2. The van der Waals surface area contributed by atoms with Gasteiger partial charge in [-0.15, -0.1) is 24.2 Å². The molecule has 1 N–H and O–H groups in total. The summed E-state index contributed by atoms with van der Waals surface area (Å²) in [5.41, 5.74) is 0. The van der Waals surface area contributed by atoms with Gasteiger partial charge in [0.2, 0.25) is 0 Å². The summed E-state index contributed by atoms with van der Waals surface area (Å²) in [6, 6.07) is 11.5. The van der Waals surface area contributed by atoms with Crippen molar-refractivity contribution in [3.63, 3.8) is 0 Å². The van der Waals surface area contributed by atoms with Crippen LogP contribution < -0.4 is 5.32 Å². The lowest BCUT2D eigenvalue weighted by molar-refractivity contribution is 0.221. The van der Waals surface area contributed by atoms with Crippen molar-refractivity contribution in [1.82, 2.24) is 10.2 Å². The quantitative estimate of drug-likeness (QED) is 0.778. The van der Waals surface area contributed by atoms with E-state index in [-0.39, 0.29) is 12.4 Å². The van der Waals surface area contributed by atoms with E-state index in [1.807, 2.05) is 11.8 Å². The number of halogens is 1. The van der Waals surface area contributed by atoms with Crippen molar-refractivity contribution in [2.75, 3.05) is 31.9 Å². The normalized spacial score (nSPS) is 18.5. The molecule has 1 aromatic rings. The Morgan fingerprint density at radius 1 is 1.26 bits per heavy atom. The highest BCUT2D eigenvalue weighted by Gasteiger charge is 2.20. The van der Waals surface area contributed by atoms with Crippen LogP contribution in [0.2, 0.25) is 0 Å².